The molecule has 1 aliphatic rings. The molecule has 5 heteroatoms. The Morgan fingerprint density at radius 3 is 2.91 bits per heavy atom. The summed E-state index contributed by atoms with van der Waals surface area (Å²) in [5.41, 5.74) is 2.88. The number of aromatic nitrogens is 2. The molecule has 0 aliphatic carbocycles. The Morgan fingerprint density at radius 2 is 2.23 bits per heavy atom. The van der Waals surface area contributed by atoms with Gasteiger partial charge in [-0.15, -0.1) is 0 Å². The number of rotatable bonds is 5. The van der Waals surface area contributed by atoms with Gasteiger partial charge in [-0.1, -0.05) is 37.3 Å². The first-order chi connectivity index (χ1) is 10.8. The van der Waals surface area contributed by atoms with Crippen LogP contribution < -0.4 is 10.6 Å². The molecule has 1 atom stereocenters. The minimum Gasteiger partial charge on any atom is -0.348 e. The van der Waals surface area contributed by atoms with Gasteiger partial charge in [0.15, 0.2) is 0 Å². The Balaban J connectivity index is 1.76. The first kappa shape index (κ1) is 14.8. The largest absolute Gasteiger partial charge is 0.348 e. The average molecular weight is 298 g/mol. The Kier molecular flexibility index (Phi) is 4.53. The predicted octanol–water partition coefficient (Wildman–Crippen LogP) is 1.59. The molecule has 0 bridgehead atoms. The highest BCUT2D eigenvalue weighted by molar-refractivity contribution is 5.95. The standard InChI is InChI=1S/C17H22N4O/c1-2-16-15(17(22)20-14-8-9-18-10-14)11-19-21(16)12-13-6-4-3-5-7-13/h3-7,11,14,18H,2,8-10,12H2,1H3,(H,20,22). The van der Waals surface area contributed by atoms with E-state index >= 15 is 0 Å². The second-order valence-electron chi connectivity index (χ2n) is 5.66. The smallest absolute Gasteiger partial charge is 0.255 e. The van der Waals surface area contributed by atoms with Crippen LogP contribution in [-0.2, 0) is 13.0 Å². The number of nitrogens with zero attached hydrogens (tertiary/aromatic N) is 2. The molecule has 1 amide bonds. The van der Waals surface area contributed by atoms with Crippen LogP contribution in [0.25, 0.3) is 0 Å². The molecule has 22 heavy (non-hydrogen) atoms. The van der Waals surface area contributed by atoms with Crippen molar-refractivity contribution in [2.45, 2.75) is 32.4 Å². The third-order valence-electron chi connectivity index (χ3n) is 4.10. The lowest BCUT2D eigenvalue weighted by atomic mass is 10.1. The molecule has 5 nitrogen and oxygen atoms in total. The van der Waals surface area contributed by atoms with Crippen LogP contribution in [0.3, 0.4) is 0 Å². The van der Waals surface area contributed by atoms with Gasteiger partial charge in [0.1, 0.15) is 0 Å². The zero-order valence-corrected chi connectivity index (χ0v) is 12.9. The van der Waals surface area contributed by atoms with Crippen molar-refractivity contribution in [1.82, 2.24) is 20.4 Å². The van der Waals surface area contributed by atoms with Gasteiger partial charge in [0.25, 0.3) is 5.91 Å². The van der Waals surface area contributed by atoms with E-state index in [1.165, 1.54) is 5.56 Å². The Bertz CT molecular complexity index is 629. The molecule has 2 heterocycles. The summed E-state index contributed by atoms with van der Waals surface area (Å²) in [6.07, 6.45) is 3.48. The Hall–Kier alpha value is -2.14. The van der Waals surface area contributed by atoms with Crippen molar-refractivity contribution in [3.05, 3.63) is 53.3 Å². The fourth-order valence-electron chi connectivity index (χ4n) is 2.91. The van der Waals surface area contributed by atoms with Crippen LogP contribution in [-0.4, -0.2) is 34.8 Å². The van der Waals surface area contributed by atoms with Crippen LogP contribution in [0.4, 0.5) is 0 Å². The second-order valence-corrected chi connectivity index (χ2v) is 5.66. The molecule has 116 valence electrons. The minimum absolute atomic E-state index is 0.00939. The molecule has 1 aromatic carbocycles. The summed E-state index contributed by atoms with van der Waals surface area (Å²) in [6, 6.07) is 10.4. The molecule has 0 spiro atoms. The van der Waals surface area contributed by atoms with Gasteiger partial charge in [-0.2, -0.15) is 5.10 Å². The first-order valence-electron chi connectivity index (χ1n) is 7.88. The highest BCUT2D eigenvalue weighted by Crippen LogP contribution is 2.13. The SMILES string of the molecule is CCc1c(C(=O)NC2CCNC2)cnn1Cc1ccccc1. The fourth-order valence-corrected chi connectivity index (χ4v) is 2.91. The van der Waals surface area contributed by atoms with Crippen LogP contribution in [0.2, 0.25) is 0 Å². The van der Waals surface area contributed by atoms with Gasteiger partial charge < -0.3 is 10.6 Å². The Labute approximate surface area is 130 Å². The summed E-state index contributed by atoms with van der Waals surface area (Å²) in [5.74, 6) is -0.00939. The third-order valence-corrected chi connectivity index (χ3v) is 4.10. The highest BCUT2D eigenvalue weighted by Gasteiger charge is 2.21. The van der Waals surface area contributed by atoms with Gasteiger partial charge in [-0.25, -0.2) is 0 Å². The number of hydrogen-bond acceptors (Lipinski definition) is 3. The molecular weight excluding hydrogens is 276 g/mol. The summed E-state index contributed by atoms with van der Waals surface area (Å²) in [7, 11) is 0. The van der Waals surface area contributed by atoms with Gasteiger partial charge >= 0.3 is 0 Å². The third kappa shape index (κ3) is 3.20. The summed E-state index contributed by atoms with van der Waals surface area (Å²) in [5, 5.41) is 10.8. The number of hydrogen-bond donors (Lipinski definition) is 2. The van der Waals surface area contributed by atoms with Crippen LogP contribution >= 0.6 is 0 Å². The molecule has 0 saturated carbocycles. The lowest BCUT2D eigenvalue weighted by Gasteiger charge is -2.12. The summed E-state index contributed by atoms with van der Waals surface area (Å²) < 4.78 is 1.93. The quantitative estimate of drug-likeness (QED) is 0.881. The van der Waals surface area contributed by atoms with Crippen molar-refractivity contribution < 1.29 is 4.79 Å². The van der Waals surface area contributed by atoms with Crippen molar-refractivity contribution in [3.63, 3.8) is 0 Å². The topological polar surface area (TPSA) is 59.0 Å². The number of nitrogens with one attached hydrogen (secondary N) is 2. The lowest BCUT2D eigenvalue weighted by molar-refractivity contribution is 0.0939. The van der Waals surface area contributed by atoms with E-state index in [2.05, 4.69) is 34.8 Å². The molecule has 1 fully saturated rings. The Morgan fingerprint density at radius 1 is 1.41 bits per heavy atom. The zero-order valence-electron chi connectivity index (χ0n) is 12.9. The summed E-state index contributed by atoms with van der Waals surface area (Å²) in [4.78, 5) is 12.5. The van der Waals surface area contributed by atoms with Crippen molar-refractivity contribution in [2.24, 2.45) is 0 Å². The van der Waals surface area contributed by atoms with E-state index in [0.717, 1.165) is 31.6 Å². The van der Waals surface area contributed by atoms with E-state index in [0.29, 0.717) is 12.1 Å². The maximum Gasteiger partial charge on any atom is 0.255 e. The zero-order chi connectivity index (χ0) is 15.4. The van der Waals surface area contributed by atoms with E-state index < -0.39 is 0 Å². The van der Waals surface area contributed by atoms with E-state index in [1.54, 1.807) is 6.20 Å². The lowest BCUT2D eigenvalue weighted by Crippen LogP contribution is -2.36. The molecule has 2 N–H and O–H groups in total. The number of amides is 1. The monoisotopic (exact) mass is 298 g/mol. The minimum atomic E-state index is -0.00939. The summed E-state index contributed by atoms with van der Waals surface area (Å²) >= 11 is 0. The molecular formula is C17H22N4O. The molecule has 1 saturated heterocycles. The van der Waals surface area contributed by atoms with Gasteiger partial charge in [0, 0.05) is 12.6 Å². The molecule has 1 aliphatic heterocycles. The number of carbonyl (C=O) groups excluding carboxylic acids is 1. The van der Waals surface area contributed by atoms with Gasteiger partial charge in [0.2, 0.25) is 0 Å². The molecule has 2 aromatic rings. The van der Waals surface area contributed by atoms with E-state index in [9.17, 15) is 4.79 Å². The second kappa shape index (κ2) is 6.75. The molecule has 1 aromatic heterocycles. The normalized spacial score (nSPS) is 17.6. The van der Waals surface area contributed by atoms with E-state index in [4.69, 9.17) is 0 Å². The van der Waals surface area contributed by atoms with Gasteiger partial charge in [-0.3, -0.25) is 9.48 Å². The summed E-state index contributed by atoms with van der Waals surface area (Å²) in [6.45, 7) is 4.58. The van der Waals surface area contributed by atoms with Crippen LogP contribution in [0.1, 0.15) is 35.0 Å². The number of carbonyl (C=O) groups is 1. The van der Waals surface area contributed by atoms with Crippen LogP contribution in [0.15, 0.2) is 36.5 Å². The molecule has 0 radical (unpaired) electrons. The van der Waals surface area contributed by atoms with Crippen molar-refractivity contribution >= 4 is 5.91 Å². The average Bonchev–Trinajstić information content (AvgIpc) is 3.17. The first-order valence-corrected chi connectivity index (χ1v) is 7.88. The van der Waals surface area contributed by atoms with Gasteiger partial charge in [-0.05, 0) is 24.9 Å². The molecule has 1 unspecified atom stereocenters. The van der Waals surface area contributed by atoms with E-state index in [1.807, 2.05) is 22.9 Å². The maximum atomic E-state index is 12.5. The predicted molar refractivity (Wildman–Crippen MR) is 85.9 cm³/mol. The fraction of sp³-hybridized carbons (Fsp3) is 0.412. The van der Waals surface area contributed by atoms with Crippen LogP contribution in [0, 0.1) is 0 Å². The van der Waals surface area contributed by atoms with Crippen molar-refractivity contribution in [2.75, 3.05) is 13.1 Å². The number of benzene rings is 1. The van der Waals surface area contributed by atoms with Gasteiger partial charge in [0.05, 0.1) is 24.0 Å². The molecule has 3 rings (SSSR count). The highest BCUT2D eigenvalue weighted by atomic mass is 16.1. The van der Waals surface area contributed by atoms with Crippen molar-refractivity contribution in [3.8, 4) is 0 Å². The maximum absolute atomic E-state index is 12.5. The van der Waals surface area contributed by atoms with Crippen LogP contribution in [0.5, 0.6) is 0 Å². The van der Waals surface area contributed by atoms with Crippen molar-refractivity contribution in [1.29, 1.82) is 0 Å². The van der Waals surface area contributed by atoms with E-state index in [-0.39, 0.29) is 11.9 Å².